The number of hydrogen-bond donors (Lipinski definition) is 0. The molecule has 1 atom stereocenters. The van der Waals surface area contributed by atoms with Crippen LogP contribution < -0.4 is 4.74 Å². The first-order valence-electron chi connectivity index (χ1n) is 6.24. The topological polar surface area (TPSA) is 36.3 Å². The molecular weight excluding hydrogens is 292 g/mol. The van der Waals surface area contributed by atoms with E-state index in [1.165, 1.54) is 19.4 Å². The highest BCUT2D eigenvalue weighted by atomic mass is 79.9. The van der Waals surface area contributed by atoms with Gasteiger partial charge in [-0.1, -0.05) is 6.07 Å². The van der Waals surface area contributed by atoms with Gasteiger partial charge in [0.1, 0.15) is 17.4 Å². The van der Waals surface area contributed by atoms with Crippen LogP contribution in [0.15, 0.2) is 22.7 Å². The molecule has 0 saturated carbocycles. The number of likely N-dealkylation sites (tertiary alicyclic amines) is 1. The third-order valence-electron chi connectivity index (χ3n) is 3.47. The van der Waals surface area contributed by atoms with E-state index in [0.29, 0.717) is 24.0 Å². The number of halogens is 1. The number of ether oxygens (including phenoxy) is 1. The normalized spacial score (nSPS) is 19.7. The van der Waals surface area contributed by atoms with Gasteiger partial charge in [0, 0.05) is 10.5 Å². The summed E-state index contributed by atoms with van der Waals surface area (Å²) in [6.07, 6.45) is 3.55. The van der Waals surface area contributed by atoms with Crippen molar-refractivity contribution in [3.05, 3.63) is 28.2 Å². The molecule has 1 aromatic rings. The van der Waals surface area contributed by atoms with Gasteiger partial charge >= 0.3 is 0 Å². The highest BCUT2D eigenvalue weighted by Gasteiger charge is 2.20. The van der Waals surface area contributed by atoms with Crippen LogP contribution in [0.25, 0.3) is 0 Å². The molecule has 3 nitrogen and oxygen atoms in total. The smallest absolute Gasteiger partial charge is 0.138 e. The minimum absolute atomic E-state index is 0.581. The fraction of sp³-hybridized carbons (Fsp3) is 0.500. The minimum atomic E-state index is 0.581. The van der Waals surface area contributed by atoms with Crippen molar-refractivity contribution in [2.75, 3.05) is 20.2 Å². The molecule has 0 aromatic heterocycles. The summed E-state index contributed by atoms with van der Waals surface area (Å²) in [7, 11) is 2.16. The molecule has 18 heavy (non-hydrogen) atoms. The molecule has 4 heteroatoms. The summed E-state index contributed by atoms with van der Waals surface area (Å²) in [6, 6.07) is 8.39. The summed E-state index contributed by atoms with van der Waals surface area (Å²) in [5.41, 5.74) is 0.581. The van der Waals surface area contributed by atoms with Crippen molar-refractivity contribution in [3.63, 3.8) is 0 Å². The third kappa shape index (κ3) is 3.04. The monoisotopic (exact) mass is 308 g/mol. The van der Waals surface area contributed by atoms with Crippen molar-refractivity contribution in [2.45, 2.75) is 25.3 Å². The Morgan fingerprint density at radius 3 is 3.06 bits per heavy atom. The van der Waals surface area contributed by atoms with Gasteiger partial charge in [0.25, 0.3) is 0 Å². The van der Waals surface area contributed by atoms with Gasteiger partial charge < -0.3 is 9.64 Å². The number of nitriles is 1. The first-order chi connectivity index (χ1) is 8.72. The van der Waals surface area contributed by atoms with E-state index in [9.17, 15) is 0 Å². The predicted octanol–water partition coefficient (Wildman–Crippen LogP) is 3.18. The van der Waals surface area contributed by atoms with Crippen molar-refractivity contribution in [3.8, 4) is 11.8 Å². The molecule has 1 aromatic carbocycles. The molecule has 1 fully saturated rings. The molecule has 0 amide bonds. The van der Waals surface area contributed by atoms with Gasteiger partial charge in [0.2, 0.25) is 0 Å². The summed E-state index contributed by atoms with van der Waals surface area (Å²) < 4.78 is 6.53. The Bertz CT molecular complexity index is 456. The maximum Gasteiger partial charge on any atom is 0.138 e. The molecule has 1 unspecified atom stereocenters. The Labute approximate surface area is 116 Å². The van der Waals surface area contributed by atoms with E-state index >= 15 is 0 Å². The lowest BCUT2D eigenvalue weighted by molar-refractivity contribution is 0.233. The van der Waals surface area contributed by atoms with Crippen molar-refractivity contribution in [2.24, 2.45) is 0 Å². The summed E-state index contributed by atoms with van der Waals surface area (Å²) >= 11 is 3.36. The van der Waals surface area contributed by atoms with Crippen LogP contribution in [-0.4, -0.2) is 31.1 Å². The third-order valence-corrected chi connectivity index (χ3v) is 4.13. The lowest BCUT2D eigenvalue weighted by Gasteiger charge is -2.19. The second-order valence-corrected chi connectivity index (χ2v) is 5.49. The summed E-state index contributed by atoms with van der Waals surface area (Å²) in [6.45, 7) is 1.85. The molecule has 0 spiro atoms. The summed E-state index contributed by atoms with van der Waals surface area (Å²) in [4.78, 5) is 2.38. The predicted molar refractivity (Wildman–Crippen MR) is 74.6 cm³/mol. The van der Waals surface area contributed by atoms with Gasteiger partial charge in [-0.3, -0.25) is 0 Å². The van der Waals surface area contributed by atoms with Crippen LogP contribution in [0.3, 0.4) is 0 Å². The average molecular weight is 309 g/mol. The molecule has 0 aliphatic carbocycles. The summed E-state index contributed by atoms with van der Waals surface area (Å²) in [5.74, 6) is 0.674. The quantitative estimate of drug-likeness (QED) is 0.857. The van der Waals surface area contributed by atoms with Crippen LogP contribution in [0.2, 0.25) is 0 Å². The molecule has 1 saturated heterocycles. The van der Waals surface area contributed by atoms with Crippen molar-refractivity contribution in [1.29, 1.82) is 5.26 Å². The molecule has 2 rings (SSSR count). The Morgan fingerprint density at radius 1 is 1.56 bits per heavy atom. The van der Waals surface area contributed by atoms with E-state index in [1.807, 2.05) is 18.2 Å². The van der Waals surface area contributed by atoms with Crippen LogP contribution in [0, 0.1) is 11.3 Å². The molecule has 96 valence electrons. The highest BCUT2D eigenvalue weighted by Crippen LogP contribution is 2.26. The molecule has 1 heterocycles. The Hall–Kier alpha value is -1.05. The molecule has 1 aliphatic heterocycles. The Balaban J connectivity index is 1.91. The second kappa shape index (κ2) is 6.21. The van der Waals surface area contributed by atoms with Crippen molar-refractivity contribution >= 4 is 15.9 Å². The maximum atomic E-state index is 9.08. The largest absolute Gasteiger partial charge is 0.492 e. The number of nitrogens with zero attached hydrogens (tertiary/aromatic N) is 2. The van der Waals surface area contributed by atoms with E-state index in [1.54, 1.807) is 0 Å². The van der Waals surface area contributed by atoms with Gasteiger partial charge in [-0.05, 0) is 60.9 Å². The highest BCUT2D eigenvalue weighted by molar-refractivity contribution is 9.10. The molecule has 0 bridgehead atoms. The number of hydrogen-bond acceptors (Lipinski definition) is 3. The zero-order chi connectivity index (χ0) is 13.0. The van der Waals surface area contributed by atoms with Gasteiger partial charge in [-0.2, -0.15) is 5.26 Å². The standard InChI is InChI=1S/C14H17BrN2O/c1-17-8-3-4-11(17)7-9-18-14-6-2-5-13(15)12(14)10-16/h2,5-6,11H,3-4,7-9H2,1H3. The fourth-order valence-corrected chi connectivity index (χ4v) is 2.82. The van der Waals surface area contributed by atoms with Gasteiger partial charge in [0.05, 0.1) is 6.61 Å². The fourth-order valence-electron chi connectivity index (χ4n) is 2.38. The Morgan fingerprint density at radius 2 is 2.39 bits per heavy atom. The van der Waals surface area contributed by atoms with Crippen LogP contribution >= 0.6 is 15.9 Å². The first-order valence-corrected chi connectivity index (χ1v) is 7.03. The van der Waals surface area contributed by atoms with E-state index in [0.717, 1.165) is 10.9 Å². The molecule has 1 aliphatic rings. The van der Waals surface area contributed by atoms with Gasteiger partial charge in [-0.25, -0.2) is 0 Å². The first kappa shape index (κ1) is 13.4. The number of benzene rings is 1. The van der Waals surface area contributed by atoms with Crippen LogP contribution in [0.4, 0.5) is 0 Å². The van der Waals surface area contributed by atoms with Crippen molar-refractivity contribution in [1.82, 2.24) is 4.90 Å². The lowest BCUT2D eigenvalue weighted by atomic mass is 10.1. The van der Waals surface area contributed by atoms with Crippen molar-refractivity contribution < 1.29 is 4.74 Å². The maximum absolute atomic E-state index is 9.08. The van der Waals surface area contributed by atoms with Crippen LogP contribution in [-0.2, 0) is 0 Å². The SMILES string of the molecule is CN1CCCC1CCOc1cccc(Br)c1C#N. The molecular formula is C14H17BrN2O. The zero-order valence-electron chi connectivity index (χ0n) is 10.5. The summed E-state index contributed by atoms with van der Waals surface area (Å²) in [5, 5.41) is 9.08. The van der Waals surface area contributed by atoms with Gasteiger partial charge in [0.15, 0.2) is 0 Å². The zero-order valence-corrected chi connectivity index (χ0v) is 12.1. The Kier molecular flexibility index (Phi) is 4.62. The van der Waals surface area contributed by atoms with E-state index in [2.05, 4.69) is 33.9 Å². The second-order valence-electron chi connectivity index (χ2n) is 4.64. The number of rotatable bonds is 4. The molecule has 0 radical (unpaired) electrons. The van der Waals surface area contributed by atoms with Crippen LogP contribution in [0.5, 0.6) is 5.75 Å². The minimum Gasteiger partial charge on any atom is -0.492 e. The van der Waals surface area contributed by atoms with E-state index in [4.69, 9.17) is 10.00 Å². The van der Waals surface area contributed by atoms with E-state index < -0.39 is 0 Å². The average Bonchev–Trinajstić information content (AvgIpc) is 2.75. The lowest BCUT2D eigenvalue weighted by Crippen LogP contribution is -2.26. The van der Waals surface area contributed by atoms with Gasteiger partial charge in [-0.15, -0.1) is 0 Å². The van der Waals surface area contributed by atoms with E-state index in [-0.39, 0.29) is 0 Å². The van der Waals surface area contributed by atoms with Crippen LogP contribution in [0.1, 0.15) is 24.8 Å². The molecule has 0 N–H and O–H groups in total.